The largest absolute Gasteiger partial charge is 0.480 e. The first-order valence-corrected chi connectivity index (χ1v) is 6.93. The van der Waals surface area contributed by atoms with Gasteiger partial charge in [-0.2, -0.15) is 0 Å². The summed E-state index contributed by atoms with van der Waals surface area (Å²) in [6, 6.07) is -0.607. The average molecular weight is 294 g/mol. The fraction of sp³-hybridized carbons (Fsp3) is 0.667. The number of amides is 2. The molecule has 1 heterocycles. The molecule has 0 bridgehead atoms. The van der Waals surface area contributed by atoms with Gasteiger partial charge in [0, 0.05) is 12.0 Å². The maximum Gasteiger partial charge on any atom is 0.323 e. The second-order valence-corrected chi connectivity index (χ2v) is 6.20. The first-order valence-electron chi connectivity index (χ1n) is 6.93. The molecule has 1 rings (SSSR count). The zero-order valence-corrected chi connectivity index (χ0v) is 12.8. The highest BCUT2D eigenvalue weighted by atomic mass is 16.4. The fourth-order valence-electron chi connectivity index (χ4n) is 2.39. The van der Waals surface area contributed by atoms with Crippen molar-refractivity contribution in [3.8, 4) is 12.3 Å². The van der Waals surface area contributed by atoms with E-state index in [1.165, 1.54) is 0 Å². The number of likely N-dealkylation sites (tertiary alicyclic amines) is 1. The van der Waals surface area contributed by atoms with Gasteiger partial charge in [0.2, 0.25) is 11.8 Å². The van der Waals surface area contributed by atoms with Crippen molar-refractivity contribution < 1.29 is 19.5 Å². The van der Waals surface area contributed by atoms with Crippen LogP contribution in [0.1, 0.15) is 33.6 Å². The maximum atomic E-state index is 12.5. The summed E-state index contributed by atoms with van der Waals surface area (Å²) in [5, 5.41) is 8.86. The highest BCUT2D eigenvalue weighted by Gasteiger charge is 2.40. The van der Waals surface area contributed by atoms with Gasteiger partial charge in [-0.15, -0.1) is 6.42 Å². The molecule has 1 saturated heterocycles. The highest BCUT2D eigenvalue weighted by Crippen LogP contribution is 2.26. The molecule has 1 aliphatic heterocycles. The van der Waals surface area contributed by atoms with Crippen LogP contribution in [0.15, 0.2) is 0 Å². The lowest BCUT2D eigenvalue weighted by Crippen LogP contribution is -2.51. The van der Waals surface area contributed by atoms with E-state index < -0.39 is 24.0 Å². The summed E-state index contributed by atoms with van der Waals surface area (Å²) in [7, 11) is 0. The molecule has 0 aromatic rings. The third-order valence-electron chi connectivity index (χ3n) is 3.36. The van der Waals surface area contributed by atoms with Crippen LogP contribution in [0.5, 0.6) is 0 Å². The number of carbonyl (C=O) groups excluding carboxylic acids is 2. The van der Waals surface area contributed by atoms with Crippen LogP contribution in [0.25, 0.3) is 0 Å². The van der Waals surface area contributed by atoms with Crippen molar-refractivity contribution >= 4 is 17.8 Å². The Kier molecular flexibility index (Phi) is 5.36. The van der Waals surface area contributed by atoms with E-state index in [-0.39, 0.29) is 18.4 Å². The van der Waals surface area contributed by atoms with Gasteiger partial charge in [0.15, 0.2) is 0 Å². The Balaban J connectivity index is 2.90. The molecule has 1 N–H and O–H groups in total. The number of hydrogen-bond donors (Lipinski definition) is 1. The molecular weight excluding hydrogens is 272 g/mol. The lowest BCUT2D eigenvalue weighted by molar-refractivity contribution is -0.150. The number of carboxylic acids is 1. The van der Waals surface area contributed by atoms with Gasteiger partial charge in [-0.05, 0) is 12.8 Å². The number of nitrogens with zero attached hydrogens (tertiary/aromatic N) is 2. The lowest BCUT2D eigenvalue weighted by atomic mass is 9.94. The summed E-state index contributed by atoms with van der Waals surface area (Å²) >= 11 is 0. The lowest BCUT2D eigenvalue weighted by Gasteiger charge is -2.32. The Bertz CT molecular complexity index is 473. The Morgan fingerprint density at radius 1 is 1.38 bits per heavy atom. The van der Waals surface area contributed by atoms with Crippen LogP contribution in [0.2, 0.25) is 0 Å². The van der Waals surface area contributed by atoms with Gasteiger partial charge in [-0.3, -0.25) is 14.4 Å². The third-order valence-corrected chi connectivity index (χ3v) is 3.36. The Hall–Kier alpha value is -2.03. The molecule has 6 nitrogen and oxygen atoms in total. The number of carboxylic acid groups (broad SMARTS) is 1. The summed E-state index contributed by atoms with van der Waals surface area (Å²) in [5.41, 5.74) is -0.577. The molecule has 1 atom stereocenters. The maximum absolute atomic E-state index is 12.5. The minimum absolute atomic E-state index is 0.0703. The minimum Gasteiger partial charge on any atom is -0.480 e. The predicted octanol–water partition coefficient (Wildman–Crippen LogP) is 0.570. The number of carbonyl (C=O) groups is 3. The molecule has 0 spiro atoms. The van der Waals surface area contributed by atoms with Gasteiger partial charge in [-0.1, -0.05) is 26.7 Å². The van der Waals surface area contributed by atoms with Crippen molar-refractivity contribution in [1.82, 2.24) is 9.80 Å². The standard InChI is InChI=1S/C15H22N2O4/c1-5-8-16(10-12(18)19)13(20)11-7-6-9-17(11)14(21)15(2,3)4/h1,11H,6-10H2,2-4H3,(H,18,19). The van der Waals surface area contributed by atoms with E-state index in [4.69, 9.17) is 11.5 Å². The Morgan fingerprint density at radius 3 is 2.48 bits per heavy atom. The van der Waals surface area contributed by atoms with E-state index in [0.717, 1.165) is 11.3 Å². The Labute approximate surface area is 125 Å². The van der Waals surface area contributed by atoms with Gasteiger partial charge in [0.05, 0.1) is 6.54 Å². The van der Waals surface area contributed by atoms with E-state index >= 15 is 0 Å². The average Bonchev–Trinajstić information content (AvgIpc) is 2.83. The molecule has 2 amide bonds. The van der Waals surface area contributed by atoms with Gasteiger partial charge < -0.3 is 14.9 Å². The van der Waals surface area contributed by atoms with Gasteiger partial charge in [0.25, 0.3) is 0 Å². The van der Waals surface area contributed by atoms with E-state index in [9.17, 15) is 14.4 Å². The third kappa shape index (κ3) is 4.22. The molecular formula is C15H22N2O4. The van der Waals surface area contributed by atoms with Crippen LogP contribution in [0.4, 0.5) is 0 Å². The summed E-state index contributed by atoms with van der Waals surface area (Å²) in [4.78, 5) is 38.4. The molecule has 116 valence electrons. The van der Waals surface area contributed by atoms with E-state index in [0.29, 0.717) is 13.0 Å². The van der Waals surface area contributed by atoms with E-state index in [1.54, 1.807) is 25.7 Å². The van der Waals surface area contributed by atoms with Crippen LogP contribution in [0.3, 0.4) is 0 Å². The molecule has 0 aromatic heterocycles. The quantitative estimate of drug-likeness (QED) is 0.769. The molecule has 0 saturated carbocycles. The SMILES string of the molecule is C#CCN(CC(=O)O)C(=O)C1CCCN1C(=O)C(C)(C)C. The molecule has 0 aliphatic carbocycles. The molecule has 1 unspecified atom stereocenters. The van der Waals surface area contributed by atoms with Crippen LogP contribution in [-0.4, -0.2) is 58.4 Å². The first-order chi connectivity index (χ1) is 9.68. The van der Waals surface area contributed by atoms with E-state index in [1.807, 2.05) is 0 Å². The fourth-order valence-corrected chi connectivity index (χ4v) is 2.39. The number of terminal acetylenes is 1. The topological polar surface area (TPSA) is 77.9 Å². The van der Waals surface area contributed by atoms with Crippen molar-refractivity contribution in [2.75, 3.05) is 19.6 Å². The van der Waals surface area contributed by atoms with Crippen LogP contribution in [-0.2, 0) is 14.4 Å². The number of hydrogen-bond acceptors (Lipinski definition) is 3. The van der Waals surface area contributed by atoms with Crippen molar-refractivity contribution in [2.45, 2.75) is 39.7 Å². The minimum atomic E-state index is -1.12. The highest BCUT2D eigenvalue weighted by molar-refractivity contribution is 5.91. The zero-order valence-electron chi connectivity index (χ0n) is 12.8. The predicted molar refractivity (Wildman–Crippen MR) is 77.2 cm³/mol. The zero-order chi connectivity index (χ0) is 16.2. The van der Waals surface area contributed by atoms with Gasteiger partial charge in [0.1, 0.15) is 12.6 Å². The number of rotatable bonds is 4. The summed E-state index contributed by atoms with van der Waals surface area (Å²) in [6.45, 7) is 5.39. The van der Waals surface area contributed by atoms with Crippen molar-refractivity contribution in [3.63, 3.8) is 0 Å². The van der Waals surface area contributed by atoms with Crippen LogP contribution in [0, 0.1) is 17.8 Å². The summed E-state index contributed by atoms with van der Waals surface area (Å²) < 4.78 is 0. The van der Waals surface area contributed by atoms with Crippen LogP contribution < -0.4 is 0 Å². The van der Waals surface area contributed by atoms with Crippen molar-refractivity contribution in [1.29, 1.82) is 0 Å². The molecule has 0 radical (unpaired) electrons. The smallest absolute Gasteiger partial charge is 0.323 e. The number of aliphatic carboxylic acids is 1. The molecule has 21 heavy (non-hydrogen) atoms. The Morgan fingerprint density at radius 2 is 2.00 bits per heavy atom. The molecule has 6 heteroatoms. The van der Waals surface area contributed by atoms with Crippen molar-refractivity contribution in [2.24, 2.45) is 5.41 Å². The van der Waals surface area contributed by atoms with Gasteiger partial charge >= 0.3 is 5.97 Å². The van der Waals surface area contributed by atoms with Gasteiger partial charge in [-0.25, -0.2) is 0 Å². The first kappa shape index (κ1) is 17.0. The summed E-state index contributed by atoms with van der Waals surface area (Å²) in [6.07, 6.45) is 6.46. The second kappa shape index (κ2) is 6.61. The summed E-state index contributed by atoms with van der Waals surface area (Å²) in [5.74, 6) is 0.684. The molecule has 1 aliphatic rings. The normalized spacial score (nSPS) is 18.2. The monoisotopic (exact) mass is 294 g/mol. The van der Waals surface area contributed by atoms with E-state index in [2.05, 4.69) is 5.92 Å². The van der Waals surface area contributed by atoms with Crippen LogP contribution >= 0.6 is 0 Å². The van der Waals surface area contributed by atoms with Crippen molar-refractivity contribution in [3.05, 3.63) is 0 Å². The molecule has 1 fully saturated rings. The second-order valence-electron chi connectivity index (χ2n) is 6.20. The molecule has 0 aromatic carbocycles.